The Hall–Kier alpha value is -2.60. The monoisotopic (exact) mass is 538 g/mol. The molecule has 0 bridgehead atoms. The van der Waals surface area contributed by atoms with Crippen LogP contribution < -0.4 is 0 Å². The summed E-state index contributed by atoms with van der Waals surface area (Å²) in [6.45, 7) is 22.9. The first-order valence-electron chi connectivity index (χ1n) is 15.6. The standard InChI is InChI=1S/C40H58/c1-31(19-13-21-33(3)25-27-37-35(5)23-15-29-39(37,7)8)17-11-12-18-32(2)20-14-22-34(4)26-28-38-36(6)24-16-30-40(38,9)10/h13-14,17-22,25-28H,11-12,15-16,23-24,29-30H2,1-10H3/b19-13+,20-14+,27-25+,28-26+,31-17-,32-18+,33-21-,34-22+. The third kappa shape index (κ3) is 11.5. The van der Waals surface area contributed by atoms with E-state index in [1.165, 1.54) is 72.0 Å². The molecule has 40 heavy (non-hydrogen) atoms. The van der Waals surface area contributed by atoms with E-state index in [2.05, 4.69) is 142 Å². The van der Waals surface area contributed by atoms with Crippen molar-refractivity contribution in [1.82, 2.24) is 0 Å². The number of hydrogen-bond acceptors (Lipinski definition) is 0. The summed E-state index contributed by atoms with van der Waals surface area (Å²) in [6.07, 6.45) is 37.0. The van der Waals surface area contributed by atoms with Gasteiger partial charge in [-0.1, -0.05) is 134 Å². The summed E-state index contributed by atoms with van der Waals surface area (Å²) in [4.78, 5) is 0. The Balaban J connectivity index is 1.82. The molecule has 0 aromatic carbocycles. The predicted molar refractivity (Wildman–Crippen MR) is 181 cm³/mol. The fourth-order valence-corrected chi connectivity index (χ4v) is 6.02. The third-order valence-electron chi connectivity index (χ3n) is 8.65. The Morgan fingerprint density at radius 3 is 1.30 bits per heavy atom. The minimum atomic E-state index is 0.299. The van der Waals surface area contributed by atoms with Crippen LogP contribution in [-0.2, 0) is 0 Å². The van der Waals surface area contributed by atoms with Crippen LogP contribution in [0.25, 0.3) is 0 Å². The van der Waals surface area contributed by atoms with Crippen LogP contribution in [0.15, 0.2) is 117 Å². The normalized spacial score (nSPS) is 21.8. The molecule has 0 fully saturated rings. The lowest BCUT2D eigenvalue weighted by Crippen LogP contribution is -2.19. The Labute approximate surface area is 248 Å². The van der Waals surface area contributed by atoms with E-state index in [0.717, 1.165) is 12.8 Å². The van der Waals surface area contributed by atoms with Crippen molar-refractivity contribution in [2.45, 2.75) is 121 Å². The molecule has 2 aliphatic rings. The van der Waals surface area contributed by atoms with E-state index in [4.69, 9.17) is 0 Å². The molecule has 0 unspecified atom stereocenters. The molecular weight excluding hydrogens is 480 g/mol. The molecular formula is C40H58. The number of allylic oxidation sites excluding steroid dienone is 20. The van der Waals surface area contributed by atoms with Crippen LogP contribution >= 0.6 is 0 Å². The molecule has 0 N–H and O–H groups in total. The molecule has 0 aliphatic heterocycles. The van der Waals surface area contributed by atoms with Gasteiger partial charge in [-0.2, -0.15) is 0 Å². The molecule has 0 aromatic rings. The van der Waals surface area contributed by atoms with E-state index < -0.39 is 0 Å². The van der Waals surface area contributed by atoms with Crippen molar-refractivity contribution < 1.29 is 0 Å². The van der Waals surface area contributed by atoms with Gasteiger partial charge in [0.25, 0.3) is 0 Å². The molecule has 0 heterocycles. The van der Waals surface area contributed by atoms with Crippen molar-refractivity contribution in [3.05, 3.63) is 117 Å². The zero-order valence-corrected chi connectivity index (χ0v) is 27.6. The van der Waals surface area contributed by atoms with Crippen molar-refractivity contribution in [3.63, 3.8) is 0 Å². The third-order valence-corrected chi connectivity index (χ3v) is 8.65. The second kappa shape index (κ2) is 16.0. The van der Waals surface area contributed by atoms with Crippen molar-refractivity contribution in [3.8, 4) is 0 Å². The van der Waals surface area contributed by atoms with E-state index >= 15 is 0 Å². The maximum atomic E-state index is 2.38. The number of unbranched alkanes of at least 4 members (excludes halogenated alkanes) is 1. The minimum Gasteiger partial charge on any atom is -0.0813 e. The van der Waals surface area contributed by atoms with Crippen LogP contribution in [0, 0.1) is 10.8 Å². The summed E-state index contributed by atoms with van der Waals surface area (Å²) in [6, 6.07) is 0. The van der Waals surface area contributed by atoms with Crippen LogP contribution in [0.4, 0.5) is 0 Å². The molecule has 0 heteroatoms. The first-order chi connectivity index (χ1) is 18.8. The summed E-state index contributed by atoms with van der Waals surface area (Å²) in [5.74, 6) is 0. The van der Waals surface area contributed by atoms with Crippen LogP contribution in [0.5, 0.6) is 0 Å². The maximum absolute atomic E-state index is 2.38. The van der Waals surface area contributed by atoms with Crippen molar-refractivity contribution >= 4 is 0 Å². The Morgan fingerprint density at radius 2 is 0.950 bits per heavy atom. The minimum absolute atomic E-state index is 0.299. The smallest absolute Gasteiger partial charge is 0.0104 e. The topological polar surface area (TPSA) is 0 Å². The summed E-state index contributed by atoms with van der Waals surface area (Å²) < 4.78 is 0. The maximum Gasteiger partial charge on any atom is -0.0104 e. The molecule has 2 aliphatic carbocycles. The highest BCUT2D eigenvalue weighted by Crippen LogP contribution is 2.41. The molecule has 0 nitrogen and oxygen atoms in total. The van der Waals surface area contributed by atoms with Crippen LogP contribution in [0.2, 0.25) is 0 Å². The summed E-state index contributed by atoms with van der Waals surface area (Å²) in [5, 5.41) is 0. The predicted octanol–water partition coefficient (Wildman–Crippen LogP) is 12.8. The summed E-state index contributed by atoms with van der Waals surface area (Å²) in [7, 11) is 0. The van der Waals surface area contributed by atoms with Gasteiger partial charge in [0, 0.05) is 0 Å². The van der Waals surface area contributed by atoms with E-state index in [9.17, 15) is 0 Å². The van der Waals surface area contributed by atoms with Gasteiger partial charge in [0.2, 0.25) is 0 Å². The number of hydrogen-bond donors (Lipinski definition) is 0. The van der Waals surface area contributed by atoms with E-state index in [1.54, 1.807) is 11.1 Å². The van der Waals surface area contributed by atoms with Gasteiger partial charge in [-0.3, -0.25) is 0 Å². The van der Waals surface area contributed by atoms with Gasteiger partial charge < -0.3 is 0 Å². The molecule has 0 amide bonds. The van der Waals surface area contributed by atoms with E-state index in [1.807, 2.05) is 0 Å². The second-order valence-corrected chi connectivity index (χ2v) is 13.5. The van der Waals surface area contributed by atoms with Gasteiger partial charge >= 0.3 is 0 Å². The zero-order chi connectivity index (χ0) is 29.8. The van der Waals surface area contributed by atoms with Crippen LogP contribution in [0.3, 0.4) is 0 Å². The van der Waals surface area contributed by atoms with Gasteiger partial charge in [0.05, 0.1) is 0 Å². The lowest BCUT2D eigenvalue weighted by atomic mass is 9.72. The molecule has 0 radical (unpaired) electrons. The Bertz CT molecular complexity index is 1070. The highest BCUT2D eigenvalue weighted by molar-refractivity contribution is 5.38. The zero-order valence-electron chi connectivity index (χ0n) is 27.6. The number of rotatable bonds is 11. The SMILES string of the molecule is CC1=C(/C=C/C(C)=C\C=C\C(C)=C/CC/C=C(C)/C=C/C=C(C)/C=C/C2=C(C)CCCC2(C)C)C(C)(C)CCC1. The second-order valence-electron chi connectivity index (χ2n) is 13.5. The van der Waals surface area contributed by atoms with Crippen LogP contribution in [-0.4, -0.2) is 0 Å². The molecule has 0 saturated heterocycles. The van der Waals surface area contributed by atoms with E-state index in [0.29, 0.717) is 10.8 Å². The molecule has 2 rings (SSSR count). The molecule has 0 atom stereocenters. The first kappa shape index (κ1) is 33.6. The fraction of sp³-hybridized carbons (Fsp3) is 0.500. The van der Waals surface area contributed by atoms with Crippen LogP contribution in [0.1, 0.15) is 121 Å². The molecule has 0 aromatic heterocycles. The molecule has 0 saturated carbocycles. The van der Waals surface area contributed by atoms with Gasteiger partial charge in [0.15, 0.2) is 0 Å². The molecule has 0 spiro atoms. The van der Waals surface area contributed by atoms with Gasteiger partial charge in [-0.25, -0.2) is 0 Å². The first-order valence-corrected chi connectivity index (χ1v) is 15.6. The fourth-order valence-electron chi connectivity index (χ4n) is 6.02. The van der Waals surface area contributed by atoms with Crippen molar-refractivity contribution in [2.24, 2.45) is 10.8 Å². The Morgan fingerprint density at radius 1 is 0.575 bits per heavy atom. The van der Waals surface area contributed by atoms with Crippen molar-refractivity contribution in [1.29, 1.82) is 0 Å². The van der Waals surface area contributed by atoms with Gasteiger partial charge in [0.1, 0.15) is 0 Å². The Kier molecular flexibility index (Phi) is 13.4. The highest BCUT2D eigenvalue weighted by Gasteiger charge is 2.27. The van der Waals surface area contributed by atoms with Crippen molar-refractivity contribution in [2.75, 3.05) is 0 Å². The quantitative estimate of drug-likeness (QED) is 0.181. The summed E-state index contributed by atoms with van der Waals surface area (Å²) in [5.41, 5.74) is 12.0. The van der Waals surface area contributed by atoms with Gasteiger partial charge in [-0.05, 0) is 115 Å². The highest BCUT2D eigenvalue weighted by atomic mass is 14.3. The van der Waals surface area contributed by atoms with Gasteiger partial charge in [-0.15, -0.1) is 0 Å². The van der Waals surface area contributed by atoms with E-state index in [-0.39, 0.29) is 0 Å². The average Bonchev–Trinajstić information content (AvgIpc) is 2.85. The lowest BCUT2D eigenvalue weighted by molar-refractivity contribution is 0.376. The lowest BCUT2D eigenvalue weighted by Gasteiger charge is -2.33. The summed E-state index contributed by atoms with van der Waals surface area (Å²) >= 11 is 0. The largest absolute Gasteiger partial charge is 0.0813 e. The average molecular weight is 539 g/mol. The molecule has 218 valence electrons.